The molecule has 2 aromatic rings. The second-order valence-electron chi connectivity index (χ2n) is 7.29. The maximum atomic E-state index is 13.0. The second kappa shape index (κ2) is 9.89. The first kappa shape index (κ1) is 20.6. The number of likely N-dealkylation sites (tertiary alicyclic amines) is 1. The first-order valence-electron chi connectivity index (χ1n) is 9.82. The van der Waals surface area contributed by atoms with E-state index in [0.717, 1.165) is 44.7 Å². The van der Waals surface area contributed by atoms with Crippen LogP contribution in [0, 0.1) is 11.7 Å². The van der Waals surface area contributed by atoms with Crippen LogP contribution in [-0.4, -0.2) is 42.4 Å². The third-order valence-corrected chi connectivity index (χ3v) is 5.59. The summed E-state index contributed by atoms with van der Waals surface area (Å²) >= 11 is 6.59. The van der Waals surface area contributed by atoms with E-state index < -0.39 is 0 Å². The molecule has 2 N–H and O–H groups in total. The zero-order valence-electron chi connectivity index (χ0n) is 16.1. The average molecular weight is 404 g/mol. The van der Waals surface area contributed by atoms with Crippen LogP contribution in [-0.2, 0) is 0 Å². The summed E-state index contributed by atoms with van der Waals surface area (Å²) in [5.41, 5.74) is 2.06. The minimum Gasteiger partial charge on any atom is -0.385 e. The van der Waals surface area contributed by atoms with E-state index in [4.69, 9.17) is 11.6 Å². The number of benzene rings is 2. The quantitative estimate of drug-likeness (QED) is 0.651. The molecular formula is C22H27ClFN3O. The van der Waals surface area contributed by atoms with Crippen molar-refractivity contribution in [3.63, 3.8) is 0 Å². The molecule has 1 heterocycles. The molecule has 150 valence electrons. The molecule has 2 unspecified atom stereocenters. The van der Waals surface area contributed by atoms with Crippen LogP contribution in [0.25, 0.3) is 0 Å². The maximum Gasteiger partial charge on any atom is 0.255 e. The molecule has 1 fully saturated rings. The Morgan fingerprint density at radius 3 is 2.68 bits per heavy atom. The highest BCUT2D eigenvalue weighted by Gasteiger charge is 2.27. The van der Waals surface area contributed by atoms with Gasteiger partial charge >= 0.3 is 0 Å². The first-order valence-corrected chi connectivity index (χ1v) is 10.3. The zero-order chi connectivity index (χ0) is 19.9. The number of halogens is 2. The average Bonchev–Trinajstić information content (AvgIpc) is 2.68. The van der Waals surface area contributed by atoms with Gasteiger partial charge in [-0.3, -0.25) is 4.79 Å². The Morgan fingerprint density at radius 1 is 1.21 bits per heavy atom. The normalized spacial score (nSPS) is 20.0. The molecule has 0 spiro atoms. The second-order valence-corrected chi connectivity index (χ2v) is 7.85. The number of alkyl halides is 1. The van der Waals surface area contributed by atoms with Gasteiger partial charge in [0.15, 0.2) is 0 Å². The van der Waals surface area contributed by atoms with Crippen molar-refractivity contribution in [2.24, 2.45) is 5.92 Å². The van der Waals surface area contributed by atoms with E-state index in [0.29, 0.717) is 17.2 Å². The van der Waals surface area contributed by atoms with Crippen LogP contribution in [0.5, 0.6) is 0 Å². The lowest BCUT2D eigenvalue weighted by atomic mass is 9.96. The molecular weight excluding hydrogens is 377 g/mol. The van der Waals surface area contributed by atoms with Crippen LogP contribution >= 0.6 is 11.6 Å². The van der Waals surface area contributed by atoms with Gasteiger partial charge in [0.05, 0.1) is 5.38 Å². The predicted molar refractivity (Wildman–Crippen MR) is 114 cm³/mol. The van der Waals surface area contributed by atoms with Gasteiger partial charge in [0.2, 0.25) is 0 Å². The highest BCUT2D eigenvalue weighted by molar-refractivity contribution is 6.21. The summed E-state index contributed by atoms with van der Waals surface area (Å²) in [6.45, 7) is 6.15. The van der Waals surface area contributed by atoms with Crippen LogP contribution in [0.2, 0.25) is 0 Å². The van der Waals surface area contributed by atoms with Gasteiger partial charge in [0.1, 0.15) is 5.82 Å². The minimum absolute atomic E-state index is 0.147. The van der Waals surface area contributed by atoms with E-state index in [1.165, 1.54) is 24.3 Å². The number of rotatable bonds is 7. The van der Waals surface area contributed by atoms with Gasteiger partial charge in [0.25, 0.3) is 5.91 Å². The number of carbonyl (C=O) groups excluding carboxylic acids is 1. The Labute approximate surface area is 171 Å². The molecule has 6 heteroatoms. The molecule has 1 aliphatic rings. The standard InChI is InChI=1S/C22H27ClFN3O/c1-2-11-27-12-10-17(21(23)15-27)14-25-19-4-3-5-20(13-19)26-22(28)16-6-8-18(24)9-7-16/h3-9,13,17,21,25H,2,10-12,14-15H2,1H3,(H,26,28). The summed E-state index contributed by atoms with van der Waals surface area (Å²) in [5.74, 6) is -0.200. The Bertz CT molecular complexity index is 784. The van der Waals surface area contributed by atoms with E-state index in [-0.39, 0.29) is 17.1 Å². The lowest BCUT2D eigenvalue weighted by molar-refractivity contribution is 0.102. The molecule has 28 heavy (non-hydrogen) atoms. The van der Waals surface area contributed by atoms with Crippen molar-refractivity contribution in [3.05, 3.63) is 59.9 Å². The SMILES string of the molecule is CCCN1CCC(CNc2cccc(NC(=O)c3ccc(F)cc3)c2)C(Cl)C1. The number of piperidine rings is 1. The molecule has 0 aliphatic carbocycles. The molecule has 4 nitrogen and oxygen atoms in total. The molecule has 2 atom stereocenters. The van der Waals surface area contributed by atoms with Gasteiger partial charge in [-0.15, -0.1) is 11.6 Å². The van der Waals surface area contributed by atoms with Gasteiger partial charge < -0.3 is 15.5 Å². The summed E-state index contributed by atoms with van der Waals surface area (Å²) in [4.78, 5) is 14.7. The third-order valence-electron chi connectivity index (χ3n) is 5.10. The number of nitrogens with one attached hydrogen (secondary N) is 2. The molecule has 0 bridgehead atoms. The van der Waals surface area contributed by atoms with Crippen molar-refractivity contribution < 1.29 is 9.18 Å². The molecule has 0 radical (unpaired) electrons. The lowest BCUT2D eigenvalue weighted by Gasteiger charge is -2.35. The van der Waals surface area contributed by atoms with Gasteiger partial charge in [0, 0.05) is 30.0 Å². The lowest BCUT2D eigenvalue weighted by Crippen LogP contribution is -2.43. The van der Waals surface area contributed by atoms with Crippen molar-refractivity contribution in [2.75, 3.05) is 36.8 Å². The highest BCUT2D eigenvalue weighted by atomic mass is 35.5. The number of carbonyl (C=O) groups is 1. The first-order chi connectivity index (χ1) is 13.5. The van der Waals surface area contributed by atoms with Gasteiger partial charge in [-0.1, -0.05) is 13.0 Å². The van der Waals surface area contributed by atoms with E-state index in [1.54, 1.807) is 0 Å². The van der Waals surface area contributed by atoms with E-state index >= 15 is 0 Å². The number of hydrogen-bond donors (Lipinski definition) is 2. The summed E-state index contributed by atoms with van der Waals surface area (Å²) in [6, 6.07) is 13.1. The molecule has 1 amide bonds. The van der Waals surface area contributed by atoms with Gasteiger partial charge in [-0.2, -0.15) is 0 Å². The Kier molecular flexibility index (Phi) is 7.29. The van der Waals surface area contributed by atoms with E-state index in [2.05, 4.69) is 22.5 Å². The fourth-order valence-electron chi connectivity index (χ4n) is 3.53. The number of anilines is 2. The van der Waals surface area contributed by atoms with Crippen molar-refractivity contribution in [3.8, 4) is 0 Å². The summed E-state index contributed by atoms with van der Waals surface area (Å²) < 4.78 is 13.0. The zero-order valence-corrected chi connectivity index (χ0v) is 16.9. The summed E-state index contributed by atoms with van der Waals surface area (Å²) in [6.07, 6.45) is 2.24. The summed E-state index contributed by atoms with van der Waals surface area (Å²) in [5, 5.41) is 6.45. The Balaban J connectivity index is 1.53. The highest BCUT2D eigenvalue weighted by Crippen LogP contribution is 2.24. The van der Waals surface area contributed by atoms with Gasteiger partial charge in [-0.25, -0.2) is 4.39 Å². The van der Waals surface area contributed by atoms with Crippen molar-refractivity contribution >= 4 is 28.9 Å². The molecule has 0 aromatic heterocycles. The molecule has 0 saturated carbocycles. The Morgan fingerprint density at radius 2 is 1.96 bits per heavy atom. The molecule has 2 aromatic carbocycles. The van der Waals surface area contributed by atoms with Crippen LogP contribution in [0.4, 0.5) is 15.8 Å². The largest absolute Gasteiger partial charge is 0.385 e. The molecule has 1 saturated heterocycles. The number of amides is 1. The van der Waals surface area contributed by atoms with Crippen LogP contribution in [0.3, 0.4) is 0 Å². The molecule has 3 rings (SSSR count). The van der Waals surface area contributed by atoms with Crippen molar-refractivity contribution in [1.29, 1.82) is 0 Å². The fourth-order valence-corrected chi connectivity index (χ4v) is 3.94. The predicted octanol–water partition coefficient (Wildman–Crippen LogP) is 4.83. The number of hydrogen-bond acceptors (Lipinski definition) is 3. The topological polar surface area (TPSA) is 44.4 Å². The van der Waals surface area contributed by atoms with Crippen molar-refractivity contribution in [1.82, 2.24) is 4.90 Å². The van der Waals surface area contributed by atoms with E-state index in [1.807, 2.05) is 24.3 Å². The number of nitrogens with zero attached hydrogens (tertiary/aromatic N) is 1. The third kappa shape index (κ3) is 5.69. The monoisotopic (exact) mass is 403 g/mol. The fraction of sp³-hybridized carbons (Fsp3) is 0.409. The van der Waals surface area contributed by atoms with Gasteiger partial charge in [-0.05, 0) is 74.3 Å². The van der Waals surface area contributed by atoms with E-state index in [9.17, 15) is 9.18 Å². The molecule has 1 aliphatic heterocycles. The Hall–Kier alpha value is -2.11. The summed E-state index contributed by atoms with van der Waals surface area (Å²) in [7, 11) is 0. The maximum absolute atomic E-state index is 13.0. The van der Waals surface area contributed by atoms with Crippen molar-refractivity contribution in [2.45, 2.75) is 25.1 Å². The minimum atomic E-state index is -0.360. The van der Waals surface area contributed by atoms with Crippen LogP contribution in [0.1, 0.15) is 30.1 Å². The van der Waals surface area contributed by atoms with Crippen LogP contribution < -0.4 is 10.6 Å². The smallest absolute Gasteiger partial charge is 0.255 e. The van der Waals surface area contributed by atoms with Crippen LogP contribution in [0.15, 0.2) is 48.5 Å².